The summed E-state index contributed by atoms with van der Waals surface area (Å²) in [4.78, 5) is 24.8. The monoisotopic (exact) mass is 491 g/mol. The number of benzene rings is 3. The minimum atomic E-state index is -4.82. The number of carbonyl (C=O) groups is 2. The summed E-state index contributed by atoms with van der Waals surface area (Å²) in [6, 6.07) is 10.8. The fourth-order valence-electron chi connectivity index (χ4n) is 3.78. The van der Waals surface area contributed by atoms with E-state index in [9.17, 15) is 32.3 Å². The molecule has 6 nitrogen and oxygen atoms in total. The highest BCUT2D eigenvalue weighted by Crippen LogP contribution is 2.48. The average Bonchev–Trinajstić information content (AvgIpc) is 3.53. The standard InChI is InChI=1S/C25H21F4NO5/c1-24(10-11-24)21(23(32)33)30-22(31)19-8-4-15-12-16(26)5-9-18(15)20(19)34-13-14-2-6-17(7-3-14)35-25(27,28)29/h2-9,12,21H,10-11,13H2,1H3,(H,30,31)(H,32,33)/t21-/m1/s1. The molecule has 1 amide bonds. The Morgan fingerprint density at radius 2 is 1.77 bits per heavy atom. The molecule has 1 saturated carbocycles. The Balaban J connectivity index is 1.62. The summed E-state index contributed by atoms with van der Waals surface area (Å²) in [7, 11) is 0. The highest BCUT2D eigenvalue weighted by Gasteiger charge is 2.49. The zero-order chi connectivity index (χ0) is 25.4. The third-order valence-electron chi connectivity index (χ3n) is 5.98. The number of hydrogen-bond acceptors (Lipinski definition) is 4. The molecule has 0 bridgehead atoms. The van der Waals surface area contributed by atoms with E-state index in [2.05, 4.69) is 10.1 Å². The summed E-state index contributed by atoms with van der Waals surface area (Å²) in [6.07, 6.45) is -3.48. The number of aliphatic carboxylic acids is 1. The molecule has 0 heterocycles. The summed E-state index contributed by atoms with van der Waals surface area (Å²) < 4.78 is 60.6. The quantitative estimate of drug-likeness (QED) is 0.410. The molecule has 10 heteroatoms. The summed E-state index contributed by atoms with van der Waals surface area (Å²) in [5.74, 6) is -2.60. The van der Waals surface area contributed by atoms with Crippen molar-refractivity contribution < 1.29 is 41.7 Å². The third kappa shape index (κ3) is 5.64. The maximum Gasteiger partial charge on any atom is 0.573 e. The number of carbonyl (C=O) groups excluding carboxylic acids is 1. The summed E-state index contributed by atoms with van der Waals surface area (Å²) >= 11 is 0. The zero-order valence-electron chi connectivity index (χ0n) is 18.5. The van der Waals surface area contributed by atoms with Gasteiger partial charge in [0.05, 0.1) is 5.56 Å². The second-order valence-corrected chi connectivity index (χ2v) is 8.69. The van der Waals surface area contributed by atoms with E-state index in [1.54, 1.807) is 6.92 Å². The van der Waals surface area contributed by atoms with E-state index < -0.39 is 41.3 Å². The van der Waals surface area contributed by atoms with Crippen LogP contribution in [0.2, 0.25) is 0 Å². The summed E-state index contributed by atoms with van der Waals surface area (Å²) in [5.41, 5.74) is -0.00143. The van der Waals surface area contributed by atoms with Crippen molar-refractivity contribution in [2.75, 3.05) is 0 Å². The minimum absolute atomic E-state index is 0.0524. The second-order valence-electron chi connectivity index (χ2n) is 8.69. The van der Waals surface area contributed by atoms with Gasteiger partial charge in [-0.05, 0) is 65.6 Å². The summed E-state index contributed by atoms with van der Waals surface area (Å²) in [6.45, 7) is 1.65. The van der Waals surface area contributed by atoms with E-state index in [0.29, 0.717) is 29.2 Å². The second kappa shape index (κ2) is 9.09. The normalized spacial score (nSPS) is 15.3. The molecule has 3 aromatic carbocycles. The van der Waals surface area contributed by atoms with Crippen LogP contribution in [0.5, 0.6) is 11.5 Å². The molecule has 1 aliphatic carbocycles. The molecule has 0 saturated heterocycles. The number of carboxylic acid groups (broad SMARTS) is 1. The van der Waals surface area contributed by atoms with Crippen molar-refractivity contribution in [2.45, 2.75) is 38.8 Å². The van der Waals surface area contributed by atoms with E-state index in [1.165, 1.54) is 42.5 Å². The topological polar surface area (TPSA) is 84.9 Å². The molecule has 0 spiro atoms. The molecule has 0 aromatic heterocycles. The zero-order valence-corrected chi connectivity index (χ0v) is 18.5. The van der Waals surface area contributed by atoms with Gasteiger partial charge in [-0.3, -0.25) is 4.79 Å². The van der Waals surface area contributed by atoms with Crippen LogP contribution in [-0.2, 0) is 11.4 Å². The van der Waals surface area contributed by atoms with Gasteiger partial charge in [-0.1, -0.05) is 25.1 Å². The first-order valence-electron chi connectivity index (χ1n) is 10.7. The number of fused-ring (bicyclic) bond motifs is 1. The first-order valence-corrected chi connectivity index (χ1v) is 10.7. The minimum Gasteiger partial charge on any atom is -0.487 e. The molecular formula is C25H21F4NO5. The Labute approximate surface area is 197 Å². The highest BCUT2D eigenvalue weighted by molar-refractivity contribution is 6.05. The first kappa shape index (κ1) is 24.3. The molecule has 1 atom stereocenters. The third-order valence-corrected chi connectivity index (χ3v) is 5.98. The predicted octanol–water partition coefficient (Wildman–Crippen LogP) is 5.44. The number of rotatable bonds is 8. The van der Waals surface area contributed by atoms with Crippen LogP contribution in [0.1, 0.15) is 35.7 Å². The van der Waals surface area contributed by atoms with Gasteiger partial charge in [-0.2, -0.15) is 0 Å². The van der Waals surface area contributed by atoms with Crippen molar-refractivity contribution in [1.82, 2.24) is 5.32 Å². The smallest absolute Gasteiger partial charge is 0.487 e. The lowest BCUT2D eigenvalue weighted by Crippen LogP contribution is -2.46. The van der Waals surface area contributed by atoms with Crippen molar-refractivity contribution in [3.8, 4) is 11.5 Å². The maximum absolute atomic E-state index is 13.8. The molecule has 35 heavy (non-hydrogen) atoms. The molecule has 3 aromatic rings. The van der Waals surface area contributed by atoms with Gasteiger partial charge in [0, 0.05) is 5.39 Å². The Kier molecular flexibility index (Phi) is 6.31. The van der Waals surface area contributed by atoms with Gasteiger partial charge in [0.1, 0.15) is 30.0 Å². The predicted molar refractivity (Wildman–Crippen MR) is 118 cm³/mol. The van der Waals surface area contributed by atoms with Crippen molar-refractivity contribution in [1.29, 1.82) is 0 Å². The fraction of sp³-hybridized carbons (Fsp3) is 0.280. The van der Waals surface area contributed by atoms with Gasteiger partial charge in [-0.25, -0.2) is 9.18 Å². The average molecular weight is 491 g/mol. The van der Waals surface area contributed by atoms with E-state index in [4.69, 9.17) is 4.74 Å². The van der Waals surface area contributed by atoms with Crippen LogP contribution in [0, 0.1) is 11.2 Å². The van der Waals surface area contributed by atoms with Gasteiger partial charge in [0.15, 0.2) is 0 Å². The molecule has 1 fully saturated rings. The van der Waals surface area contributed by atoms with Crippen LogP contribution in [-0.4, -0.2) is 29.4 Å². The molecule has 1 aliphatic rings. The van der Waals surface area contributed by atoms with Gasteiger partial charge < -0.3 is 19.9 Å². The van der Waals surface area contributed by atoms with E-state index in [1.807, 2.05) is 0 Å². The van der Waals surface area contributed by atoms with Crippen LogP contribution in [0.3, 0.4) is 0 Å². The lowest BCUT2D eigenvalue weighted by Gasteiger charge is -2.22. The van der Waals surface area contributed by atoms with Crippen molar-refractivity contribution >= 4 is 22.6 Å². The SMILES string of the molecule is CC1([C@H](NC(=O)c2ccc3cc(F)ccc3c2OCc2ccc(OC(F)(F)F)cc2)C(=O)O)CC1. The van der Waals surface area contributed by atoms with Crippen LogP contribution in [0.4, 0.5) is 17.6 Å². The maximum atomic E-state index is 13.8. The lowest BCUT2D eigenvalue weighted by atomic mass is 9.98. The largest absolute Gasteiger partial charge is 0.573 e. The first-order chi connectivity index (χ1) is 16.4. The van der Waals surface area contributed by atoms with Crippen molar-refractivity contribution in [3.63, 3.8) is 0 Å². The number of hydrogen-bond donors (Lipinski definition) is 2. The molecule has 0 radical (unpaired) electrons. The number of alkyl halides is 3. The number of carboxylic acids is 1. The van der Waals surface area contributed by atoms with Gasteiger partial charge in [0.25, 0.3) is 5.91 Å². The van der Waals surface area contributed by atoms with Crippen LogP contribution >= 0.6 is 0 Å². The van der Waals surface area contributed by atoms with E-state index in [-0.39, 0.29) is 17.9 Å². The van der Waals surface area contributed by atoms with Crippen LogP contribution in [0.15, 0.2) is 54.6 Å². The number of nitrogens with one attached hydrogen (secondary N) is 1. The van der Waals surface area contributed by atoms with E-state index >= 15 is 0 Å². The van der Waals surface area contributed by atoms with Gasteiger partial charge in [-0.15, -0.1) is 13.2 Å². The lowest BCUT2D eigenvalue weighted by molar-refractivity contribution is -0.274. The van der Waals surface area contributed by atoms with Crippen LogP contribution in [0.25, 0.3) is 10.8 Å². The highest BCUT2D eigenvalue weighted by atomic mass is 19.4. The molecular weight excluding hydrogens is 470 g/mol. The molecule has 0 unspecified atom stereocenters. The van der Waals surface area contributed by atoms with Crippen LogP contribution < -0.4 is 14.8 Å². The summed E-state index contributed by atoms with van der Waals surface area (Å²) in [5, 5.41) is 13.0. The Hall–Kier alpha value is -3.82. The van der Waals surface area contributed by atoms with Gasteiger partial charge >= 0.3 is 12.3 Å². The molecule has 2 N–H and O–H groups in total. The Bertz CT molecular complexity index is 1270. The Morgan fingerprint density at radius 1 is 1.09 bits per heavy atom. The molecule has 184 valence electrons. The van der Waals surface area contributed by atoms with Crippen molar-refractivity contribution in [2.24, 2.45) is 5.41 Å². The van der Waals surface area contributed by atoms with E-state index in [0.717, 1.165) is 12.1 Å². The van der Waals surface area contributed by atoms with Gasteiger partial charge in [0.2, 0.25) is 0 Å². The number of ether oxygens (including phenoxy) is 2. The fourth-order valence-corrected chi connectivity index (χ4v) is 3.78. The number of halogens is 4. The molecule has 0 aliphatic heterocycles. The molecule has 4 rings (SSSR count). The number of amides is 1. The Morgan fingerprint density at radius 3 is 2.37 bits per heavy atom. The van der Waals surface area contributed by atoms with Crippen molar-refractivity contribution in [3.05, 3.63) is 71.5 Å².